The van der Waals surface area contributed by atoms with Crippen LogP contribution in [0.3, 0.4) is 0 Å². The van der Waals surface area contributed by atoms with Gasteiger partial charge in [0, 0.05) is 23.5 Å². The van der Waals surface area contributed by atoms with Gasteiger partial charge in [0.15, 0.2) is 6.10 Å². The Hall–Kier alpha value is -1.99. The van der Waals surface area contributed by atoms with Gasteiger partial charge in [-0.05, 0) is 18.6 Å². The van der Waals surface area contributed by atoms with Crippen molar-refractivity contribution < 1.29 is 9.90 Å². The lowest BCUT2D eigenvalue weighted by Crippen LogP contribution is -2.24. The van der Waals surface area contributed by atoms with Crippen LogP contribution in [-0.4, -0.2) is 24.1 Å². The van der Waals surface area contributed by atoms with E-state index in [1.807, 2.05) is 12.1 Å². The standard InChI is InChI=1S/C14H16N2O2/c1-3-7-16(8-4-2)10-5-6-11-12(9-10)15-14(18)13(11)17/h1,5-6,9,13,17H,4,7-8H2,2H3,(H,15,18). The summed E-state index contributed by atoms with van der Waals surface area (Å²) in [5.74, 6) is 2.25. The Labute approximate surface area is 107 Å². The highest BCUT2D eigenvalue weighted by Crippen LogP contribution is 2.33. The van der Waals surface area contributed by atoms with Crippen LogP contribution >= 0.6 is 0 Å². The third-order valence-electron chi connectivity index (χ3n) is 2.98. The summed E-state index contributed by atoms with van der Waals surface area (Å²) in [5, 5.41) is 12.3. The van der Waals surface area contributed by atoms with E-state index in [-0.39, 0.29) is 5.91 Å². The average Bonchev–Trinajstić information content (AvgIpc) is 2.64. The van der Waals surface area contributed by atoms with Gasteiger partial charge in [-0.2, -0.15) is 0 Å². The summed E-state index contributed by atoms with van der Waals surface area (Å²) < 4.78 is 0. The van der Waals surface area contributed by atoms with Crippen molar-refractivity contribution in [3.8, 4) is 12.3 Å². The number of carbonyl (C=O) groups excluding carboxylic acids is 1. The smallest absolute Gasteiger partial charge is 0.257 e. The van der Waals surface area contributed by atoms with Crippen molar-refractivity contribution in [1.29, 1.82) is 0 Å². The molecule has 1 aliphatic heterocycles. The number of fused-ring (bicyclic) bond motifs is 1. The summed E-state index contributed by atoms with van der Waals surface area (Å²) in [6.45, 7) is 3.48. The topological polar surface area (TPSA) is 52.6 Å². The molecule has 0 saturated carbocycles. The molecule has 0 bridgehead atoms. The second kappa shape index (κ2) is 5.11. The zero-order chi connectivity index (χ0) is 13.1. The first kappa shape index (κ1) is 12.5. The van der Waals surface area contributed by atoms with E-state index in [1.165, 1.54) is 0 Å². The van der Waals surface area contributed by atoms with E-state index in [2.05, 4.69) is 23.1 Å². The number of amides is 1. The number of rotatable bonds is 4. The highest BCUT2D eigenvalue weighted by atomic mass is 16.3. The Balaban J connectivity index is 2.29. The highest BCUT2D eigenvalue weighted by molar-refractivity contribution is 6.02. The molecule has 1 unspecified atom stereocenters. The molecule has 0 spiro atoms. The number of anilines is 2. The van der Waals surface area contributed by atoms with Crippen LogP contribution in [0.5, 0.6) is 0 Å². The van der Waals surface area contributed by atoms with Crippen molar-refractivity contribution in [2.45, 2.75) is 19.4 Å². The molecule has 4 heteroatoms. The number of nitrogens with zero attached hydrogens (tertiary/aromatic N) is 1. The van der Waals surface area contributed by atoms with Crippen molar-refractivity contribution in [2.75, 3.05) is 23.3 Å². The van der Waals surface area contributed by atoms with E-state index in [0.717, 1.165) is 18.7 Å². The van der Waals surface area contributed by atoms with Crippen molar-refractivity contribution in [1.82, 2.24) is 0 Å². The fourth-order valence-electron chi connectivity index (χ4n) is 2.11. The van der Waals surface area contributed by atoms with E-state index in [0.29, 0.717) is 17.8 Å². The molecule has 18 heavy (non-hydrogen) atoms. The summed E-state index contributed by atoms with van der Waals surface area (Å²) in [5.41, 5.74) is 2.26. The number of terminal acetylenes is 1. The fraction of sp³-hybridized carbons (Fsp3) is 0.357. The number of nitrogens with one attached hydrogen (secondary N) is 1. The molecule has 0 radical (unpaired) electrons. The van der Waals surface area contributed by atoms with Gasteiger partial charge < -0.3 is 15.3 Å². The molecule has 2 rings (SSSR count). The van der Waals surface area contributed by atoms with Crippen molar-refractivity contribution in [3.63, 3.8) is 0 Å². The van der Waals surface area contributed by atoms with Crippen LogP contribution in [0.25, 0.3) is 0 Å². The van der Waals surface area contributed by atoms with Crippen LogP contribution in [-0.2, 0) is 4.79 Å². The SMILES string of the molecule is C#CCN(CCC)c1ccc2c(c1)NC(=O)C2O. The third kappa shape index (κ3) is 2.18. The molecule has 1 heterocycles. The van der Waals surface area contributed by atoms with Crippen molar-refractivity contribution in [3.05, 3.63) is 23.8 Å². The second-order valence-electron chi connectivity index (χ2n) is 4.29. The van der Waals surface area contributed by atoms with Crippen molar-refractivity contribution in [2.24, 2.45) is 0 Å². The summed E-state index contributed by atoms with van der Waals surface area (Å²) in [6.07, 6.45) is 5.29. The lowest BCUT2D eigenvalue weighted by molar-refractivity contribution is -0.123. The van der Waals surface area contributed by atoms with Gasteiger partial charge in [0.05, 0.1) is 6.54 Å². The number of aliphatic hydroxyl groups excluding tert-OH is 1. The lowest BCUT2D eigenvalue weighted by Gasteiger charge is -2.22. The summed E-state index contributed by atoms with van der Waals surface area (Å²) in [7, 11) is 0. The number of benzene rings is 1. The summed E-state index contributed by atoms with van der Waals surface area (Å²) >= 11 is 0. The van der Waals surface area contributed by atoms with Gasteiger partial charge in [-0.1, -0.05) is 18.9 Å². The number of hydrogen-bond donors (Lipinski definition) is 2. The molecule has 1 aromatic carbocycles. The van der Waals surface area contributed by atoms with E-state index < -0.39 is 6.10 Å². The Bertz CT molecular complexity index is 505. The first-order valence-electron chi connectivity index (χ1n) is 5.98. The normalized spacial score (nSPS) is 16.9. The predicted molar refractivity (Wildman–Crippen MR) is 71.4 cm³/mol. The van der Waals surface area contributed by atoms with Gasteiger partial charge in [-0.25, -0.2) is 0 Å². The molecule has 1 atom stereocenters. The fourth-order valence-corrected chi connectivity index (χ4v) is 2.11. The largest absolute Gasteiger partial charge is 0.378 e. The molecule has 4 nitrogen and oxygen atoms in total. The quantitative estimate of drug-likeness (QED) is 0.790. The Kier molecular flexibility index (Phi) is 3.54. The maximum atomic E-state index is 11.4. The number of hydrogen-bond acceptors (Lipinski definition) is 3. The molecule has 0 aliphatic carbocycles. The average molecular weight is 244 g/mol. The molecule has 0 fully saturated rings. The molecule has 1 amide bonds. The van der Waals surface area contributed by atoms with Crippen LogP contribution in [0.15, 0.2) is 18.2 Å². The monoisotopic (exact) mass is 244 g/mol. The van der Waals surface area contributed by atoms with Gasteiger partial charge in [-0.3, -0.25) is 4.79 Å². The molecular formula is C14H16N2O2. The Morgan fingerprint density at radius 1 is 1.56 bits per heavy atom. The van der Waals surface area contributed by atoms with Crippen LogP contribution < -0.4 is 10.2 Å². The molecule has 94 valence electrons. The summed E-state index contributed by atoms with van der Waals surface area (Å²) in [6, 6.07) is 5.51. The minimum Gasteiger partial charge on any atom is -0.378 e. The minimum atomic E-state index is -1.05. The minimum absolute atomic E-state index is 0.374. The van der Waals surface area contributed by atoms with Gasteiger partial charge in [0.25, 0.3) is 5.91 Å². The van der Waals surface area contributed by atoms with Gasteiger partial charge in [0.1, 0.15) is 0 Å². The summed E-state index contributed by atoms with van der Waals surface area (Å²) in [4.78, 5) is 13.4. The van der Waals surface area contributed by atoms with E-state index in [9.17, 15) is 9.90 Å². The van der Waals surface area contributed by atoms with Gasteiger partial charge in [0.2, 0.25) is 0 Å². The zero-order valence-electron chi connectivity index (χ0n) is 10.3. The van der Waals surface area contributed by atoms with Crippen LogP contribution in [0, 0.1) is 12.3 Å². The first-order valence-corrected chi connectivity index (χ1v) is 5.98. The Morgan fingerprint density at radius 2 is 2.33 bits per heavy atom. The second-order valence-corrected chi connectivity index (χ2v) is 4.29. The number of aliphatic hydroxyl groups is 1. The maximum Gasteiger partial charge on any atom is 0.257 e. The molecule has 1 aromatic rings. The first-order chi connectivity index (χ1) is 8.67. The van der Waals surface area contributed by atoms with Crippen LogP contribution in [0.4, 0.5) is 11.4 Å². The van der Waals surface area contributed by atoms with E-state index >= 15 is 0 Å². The van der Waals surface area contributed by atoms with Crippen molar-refractivity contribution >= 4 is 17.3 Å². The van der Waals surface area contributed by atoms with Crippen LogP contribution in [0.2, 0.25) is 0 Å². The predicted octanol–water partition coefficient (Wildman–Crippen LogP) is 1.52. The molecule has 2 N–H and O–H groups in total. The van der Waals surface area contributed by atoms with Crippen LogP contribution in [0.1, 0.15) is 25.0 Å². The highest BCUT2D eigenvalue weighted by Gasteiger charge is 2.28. The Morgan fingerprint density at radius 3 is 3.00 bits per heavy atom. The molecule has 1 aliphatic rings. The van der Waals surface area contributed by atoms with E-state index in [1.54, 1.807) is 6.07 Å². The lowest BCUT2D eigenvalue weighted by atomic mass is 10.1. The number of carbonyl (C=O) groups is 1. The zero-order valence-corrected chi connectivity index (χ0v) is 10.3. The molecular weight excluding hydrogens is 228 g/mol. The molecule has 0 aromatic heterocycles. The third-order valence-corrected chi connectivity index (χ3v) is 2.98. The van der Waals surface area contributed by atoms with Gasteiger partial charge in [-0.15, -0.1) is 6.42 Å². The maximum absolute atomic E-state index is 11.4. The molecule has 0 saturated heterocycles. The van der Waals surface area contributed by atoms with E-state index in [4.69, 9.17) is 6.42 Å². The van der Waals surface area contributed by atoms with Gasteiger partial charge >= 0.3 is 0 Å².